The van der Waals surface area contributed by atoms with Crippen molar-refractivity contribution in [3.8, 4) is 0 Å². The fraction of sp³-hybridized carbons (Fsp3) is 0.409. The van der Waals surface area contributed by atoms with Crippen molar-refractivity contribution in [2.45, 2.75) is 37.1 Å². The lowest BCUT2D eigenvalue weighted by Gasteiger charge is -2.26. The van der Waals surface area contributed by atoms with Gasteiger partial charge in [-0.15, -0.1) is 0 Å². The third kappa shape index (κ3) is 4.22. The van der Waals surface area contributed by atoms with E-state index < -0.39 is 10.0 Å². The molecule has 154 valence electrons. The normalized spacial score (nSPS) is 18.2. The van der Waals surface area contributed by atoms with Gasteiger partial charge in [0.2, 0.25) is 10.0 Å². The van der Waals surface area contributed by atoms with Crippen molar-refractivity contribution in [2.24, 2.45) is 0 Å². The monoisotopic (exact) mass is 414 g/mol. The molecule has 2 aliphatic rings. The third-order valence-electron chi connectivity index (χ3n) is 5.69. The number of morpholine rings is 1. The summed E-state index contributed by atoms with van der Waals surface area (Å²) in [6.45, 7) is 3.47. The first-order valence-corrected chi connectivity index (χ1v) is 11.5. The average molecular weight is 415 g/mol. The summed E-state index contributed by atoms with van der Waals surface area (Å²) >= 11 is 0. The highest BCUT2D eigenvalue weighted by Crippen LogP contribution is 2.25. The van der Waals surface area contributed by atoms with E-state index in [0.717, 1.165) is 18.4 Å². The van der Waals surface area contributed by atoms with E-state index in [-0.39, 0.29) is 16.8 Å². The van der Waals surface area contributed by atoms with Crippen molar-refractivity contribution in [3.63, 3.8) is 0 Å². The summed E-state index contributed by atoms with van der Waals surface area (Å²) in [5, 5.41) is 3.01. The molecule has 1 aliphatic heterocycles. The van der Waals surface area contributed by atoms with Crippen molar-refractivity contribution in [2.75, 3.05) is 26.3 Å². The maximum absolute atomic E-state index is 12.7. The van der Waals surface area contributed by atoms with E-state index >= 15 is 0 Å². The number of aryl methyl sites for hydroxylation is 2. The number of rotatable bonds is 5. The van der Waals surface area contributed by atoms with E-state index in [1.807, 2.05) is 6.92 Å². The second kappa shape index (κ2) is 8.26. The summed E-state index contributed by atoms with van der Waals surface area (Å²) in [5.74, 6) is -0.215. The van der Waals surface area contributed by atoms with Gasteiger partial charge in [-0.3, -0.25) is 4.79 Å². The minimum atomic E-state index is -3.55. The molecular weight excluding hydrogens is 388 g/mol. The molecule has 1 amide bonds. The summed E-state index contributed by atoms with van der Waals surface area (Å²) < 4.78 is 32.0. The first kappa shape index (κ1) is 20.1. The number of sulfonamides is 1. The third-order valence-corrected chi connectivity index (χ3v) is 7.61. The van der Waals surface area contributed by atoms with E-state index in [0.29, 0.717) is 31.9 Å². The maximum atomic E-state index is 12.7. The van der Waals surface area contributed by atoms with Crippen LogP contribution in [0.1, 0.15) is 46.4 Å². The van der Waals surface area contributed by atoms with Crippen LogP contribution in [-0.2, 0) is 27.6 Å². The molecule has 0 saturated carbocycles. The Morgan fingerprint density at radius 1 is 1.03 bits per heavy atom. The highest BCUT2D eigenvalue weighted by molar-refractivity contribution is 7.89. The van der Waals surface area contributed by atoms with Crippen LogP contribution in [0.15, 0.2) is 47.4 Å². The number of benzene rings is 2. The van der Waals surface area contributed by atoms with Gasteiger partial charge in [0.15, 0.2) is 0 Å². The molecule has 1 N–H and O–H groups in total. The van der Waals surface area contributed by atoms with Crippen LogP contribution < -0.4 is 5.32 Å². The van der Waals surface area contributed by atoms with Crippen LogP contribution in [0.3, 0.4) is 0 Å². The van der Waals surface area contributed by atoms with E-state index in [9.17, 15) is 13.2 Å². The number of hydrogen-bond donors (Lipinski definition) is 1. The van der Waals surface area contributed by atoms with Crippen LogP contribution in [-0.4, -0.2) is 44.9 Å². The number of carbonyl (C=O) groups excluding carboxylic acids is 1. The van der Waals surface area contributed by atoms with Crippen molar-refractivity contribution in [1.29, 1.82) is 0 Å². The largest absolute Gasteiger partial charge is 0.379 e. The quantitative estimate of drug-likeness (QED) is 0.816. The fourth-order valence-corrected chi connectivity index (χ4v) is 5.35. The molecule has 0 spiro atoms. The standard InChI is InChI=1S/C22H26N2O4S/c1-16(19-6-5-17-3-2-4-20(17)15-19)23-22(25)18-7-9-21(10-8-18)29(26,27)24-11-13-28-14-12-24/h5-10,15-16H,2-4,11-14H2,1H3,(H,23,25)/t16-/m0/s1. The summed E-state index contributed by atoms with van der Waals surface area (Å²) in [5.41, 5.74) is 4.31. The predicted octanol–water partition coefficient (Wildman–Crippen LogP) is 2.69. The number of carbonyl (C=O) groups is 1. The van der Waals surface area contributed by atoms with E-state index in [4.69, 9.17) is 4.74 Å². The lowest BCUT2D eigenvalue weighted by atomic mass is 10.0. The molecule has 0 unspecified atom stereocenters. The van der Waals surface area contributed by atoms with Crippen LogP contribution in [0.25, 0.3) is 0 Å². The van der Waals surface area contributed by atoms with Crippen LogP contribution in [0.5, 0.6) is 0 Å². The number of nitrogens with one attached hydrogen (secondary N) is 1. The number of hydrogen-bond acceptors (Lipinski definition) is 4. The Morgan fingerprint density at radius 2 is 1.72 bits per heavy atom. The Hall–Kier alpha value is -2.22. The van der Waals surface area contributed by atoms with Crippen LogP contribution in [0.4, 0.5) is 0 Å². The highest BCUT2D eigenvalue weighted by atomic mass is 32.2. The molecule has 29 heavy (non-hydrogen) atoms. The first-order chi connectivity index (χ1) is 13.9. The highest BCUT2D eigenvalue weighted by Gasteiger charge is 2.26. The van der Waals surface area contributed by atoms with Gasteiger partial charge >= 0.3 is 0 Å². The summed E-state index contributed by atoms with van der Waals surface area (Å²) in [7, 11) is -3.55. The minimum Gasteiger partial charge on any atom is -0.379 e. The molecule has 6 nitrogen and oxygen atoms in total. The SMILES string of the molecule is C[C@H](NC(=O)c1ccc(S(=O)(=O)N2CCOCC2)cc1)c1ccc2c(c1)CCC2. The Balaban J connectivity index is 1.44. The lowest BCUT2D eigenvalue weighted by Crippen LogP contribution is -2.40. The molecule has 1 saturated heterocycles. The topological polar surface area (TPSA) is 75.7 Å². The smallest absolute Gasteiger partial charge is 0.251 e. The van der Waals surface area contributed by atoms with Gasteiger partial charge in [-0.2, -0.15) is 4.31 Å². The van der Waals surface area contributed by atoms with Crippen molar-refractivity contribution < 1.29 is 17.9 Å². The van der Waals surface area contributed by atoms with Crippen molar-refractivity contribution in [3.05, 3.63) is 64.7 Å². The molecule has 7 heteroatoms. The van der Waals surface area contributed by atoms with Gasteiger partial charge in [-0.25, -0.2) is 8.42 Å². The predicted molar refractivity (Wildman–Crippen MR) is 110 cm³/mol. The second-order valence-electron chi connectivity index (χ2n) is 7.62. The minimum absolute atomic E-state index is 0.120. The molecule has 1 fully saturated rings. The summed E-state index contributed by atoms with van der Waals surface area (Å²) in [4.78, 5) is 12.8. The van der Waals surface area contributed by atoms with Gasteiger partial charge in [0, 0.05) is 18.7 Å². The molecule has 1 atom stereocenters. The van der Waals surface area contributed by atoms with Crippen molar-refractivity contribution in [1.82, 2.24) is 9.62 Å². The van der Waals surface area contributed by atoms with E-state index in [1.54, 1.807) is 12.1 Å². The first-order valence-electron chi connectivity index (χ1n) is 10.1. The summed E-state index contributed by atoms with van der Waals surface area (Å²) in [6, 6.07) is 12.4. The van der Waals surface area contributed by atoms with Gasteiger partial charge in [-0.05, 0) is 67.1 Å². The molecule has 2 aromatic rings. The van der Waals surface area contributed by atoms with Crippen LogP contribution in [0.2, 0.25) is 0 Å². The van der Waals surface area contributed by atoms with E-state index in [2.05, 4.69) is 23.5 Å². The zero-order chi connectivity index (χ0) is 20.4. The van der Waals surface area contributed by atoms with Gasteiger partial charge in [-0.1, -0.05) is 18.2 Å². The van der Waals surface area contributed by atoms with Gasteiger partial charge < -0.3 is 10.1 Å². The summed E-state index contributed by atoms with van der Waals surface area (Å²) in [6.07, 6.45) is 3.43. The molecule has 4 rings (SSSR count). The van der Waals surface area contributed by atoms with Gasteiger partial charge in [0.1, 0.15) is 0 Å². The van der Waals surface area contributed by atoms with Crippen LogP contribution >= 0.6 is 0 Å². The Labute approximate surface area is 171 Å². The molecular formula is C22H26N2O4S. The number of ether oxygens (including phenoxy) is 1. The Bertz CT molecular complexity index is 996. The molecule has 1 aliphatic carbocycles. The zero-order valence-electron chi connectivity index (χ0n) is 16.6. The number of amides is 1. The Morgan fingerprint density at radius 3 is 2.45 bits per heavy atom. The average Bonchev–Trinajstić information content (AvgIpc) is 3.22. The Kier molecular flexibility index (Phi) is 5.72. The van der Waals surface area contributed by atoms with Gasteiger partial charge in [0.05, 0.1) is 24.2 Å². The molecule has 0 aromatic heterocycles. The van der Waals surface area contributed by atoms with Crippen molar-refractivity contribution >= 4 is 15.9 Å². The van der Waals surface area contributed by atoms with Gasteiger partial charge in [0.25, 0.3) is 5.91 Å². The number of fused-ring (bicyclic) bond motifs is 1. The fourth-order valence-electron chi connectivity index (χ4n) is 3.94. The van der Waals surface area contributed by atoms with Crippen LogP contribution in [0, 0.1) is 0 Å². The molecule has 2 aromatic carbocycles. The molecule has 1 heterocycles. The molecule has 0 radical (unpaired) electrons. The zero-order valence-corrected chi connectivity index (χ0v) is 17.4. The number of nitrogens with zero attached hydrogens (tertiary/aromatic N) is 1. The van der Waals surface area contributed by atoms with E-state index in [1.165, 1.54) is 34.0 Å². The maximum Gasteiger partial charge on any atom is 0.251 e. The molecule has 0 bridgehead atoms. The second-order valence-corrected chi connectivity index (χ2v) is 9.56. The lowest BCUT2D eigenvalue weighted by molar-refractivity contribution is 0.0730.